The normalized spacial score (nSPS) is 16.8. The smallest absolute Gasteiger partial charge is 0.317 e. The molecule has 1 fully saturated rings. The number of aromatic nitrogens is 1. The van der Waals surface area contributed by atoms with E-state index < -0.39 is 0 Å². The number of amides is 2. The van der Waals surface area contributed by atoms with Gasteiger partial charge in [0.25, 0.3) is 0 Å². The van der Waals surface area contributed by atoms with Crippen LogP contribution in [0.1, 0.15) is 25.3 Å². The maximum atomic E-state index is 12.3. The highest BCUT2D eigenvalue weighted by Gasteiger charge is 2.19. The van der Waals surface area contributed by atoms with Gasteiger partial charge in [0.05, 0.1) is 0 Å². The maximum Gasteiger partial charge on any atom is 0.317 e. The van der Waals surface area contributed by atoms with E-state index in [1.807, 2.05) is 30.3 Å². The van der Waals surface area contributed by atoms with Crippen LogP contribution >= 0.6 is 0 Å². The number of urea groups is 1. The summed E-state index contributed by atoms with van der Waals surface area (Å²) in [4.78, 5) is 20.6. The number of aryl methyl sites for hydroxylation is 1. The van der Waals surface area contributed by atoms with Crippen molar-refractivity contribution in [2.24, 2.45) is 5.92 Å². The third kappa shape index (κ3) is 5.10. The molecule has 0 aliphatic carbocycles. The van der Waals surface area contributed by atoms with Crippen LogP contribution in [0.3, 0.4) is 0 Å². The van der Waals surface area contributed by atoms with Gasteiger partial charge in [0.1, 0.15) is 0 Å². The predicted octanol–water partition coefficient (Wildman–Crippen LogP) is 1.63. The number of nitrogens with zero attached hydrogens (tertiary/aromatic N) is 3. The second-order valence-corrected chi connectivity index (χ2v) is 6.30. The quantitative estimate of drug-likeness (QED) is 0.865. The van der Waals surface area contributed by atoms with E-state index in [9.17, 15) is 4.79 Å². The third-order valence-electron chi connectivity index (χ3n) is 4.34. The van der Waals surface area contributed by atoms with E-state index in [1.165, 1.54) is 11.3 Å². The summed E-state index contributed by atoms with van der Waals surface area (Å²) in [6.07, 6.45) is 5.47. The summed E-state index contributed by atoms with van der Waals surface area (Å²) in [6, 6.07) is 2.05. The van der Waals surface area contributed by atoms with Crippen molar-refractivity contribution in [2.45, 2.75) is 26.7 Å². The number of nitrogens with one attached hydrogen (secondary N) is 1. The molecule has 2 N–H and O–H groups in total. The fourth-order valence-electron chi connectivity index (χ4n) is 2.81. The molecule has 2 heterocycles. The third-order valence-corrected chi connectivity index (χ3v) is 4.34. The lowest BCUT2D eigenvalue weighted by Gasteiger charge is -2.25. The Morgan fingerprint density at radius 3 is 2.96 bits per heavy atom. The van der Waals surface area contributed by atoms with Gasteiger partial charge in [-0.1, -0.05) is 6.92 Å². The summed E-state index contributed by atoms with van der Waals surface area (Å²) in [6.45, 7) is 8.13. The standard InChI is InChI=1S/C17H28N4O2/c1-14(13-22)4-7-19-17(23)21-9-3-8-20(10-11-21)16-5-6-18-12-15(16)2/h5-6,12,14,22H,3-4,7-11,13H2,1-2H3,(H,19,23). The number of aliphatic hydroxyl groups excluding tert-OH is 1. The highest BCUT2D eigenvalue weighted by molar-refractivity contribution is 5.74. The molecule has 1 atom stereocenters. The van der Waals surface area contributed by atoms with Gasteiger partial charge in [-0.25, -0.2) is 4.79 Å². The van der Waals surface area contributed by atoms with Crippen LogP contribution in [0.15, 0.2) is 18.5 Å². The summed E-state index contributed by atoms with van der Waals surface area (Å²) in [5.41, 5.74) is 2.38. The number of carbonyl (C=O) groups excluding carboxylic acids is 1. The van der Waals surface area contributed by atoms with Gasteiger partial charge < -0.3 is 20.2 Å². The van der Waals surface area contributed by atoms with Crippen LogP contribution in [-0.2, 0) is 0 Å². The first-order valence-corrected chi connectivity index (χ1v) is 8.41. The van der Waals surface area contributed by atoms with Crippen molar-refractivity contribution in [2.75, 3.05) is 44.2 Å². The minimum absolute atomic E-state index is 0.00319. The van der Waals surface area contributed by atoms with Gasteiger partial charge in [0.2, 0.25) is 0 Å². The van der Waals surface area contributed by atoms with Crippen LogP contribution in [0.2, 0.25) is 0 Å². The molecule has 1 saturated heterocycles. The van der Waals surface area contributed by atoms with Gasteiger partial charge in [-0.2, -0.15) is 0 Å². The van der Waals surface area contributed by atoms with Crippen molar-refractivity contribution in [3.63, 3.8) is 0 Å². The van der Waals surface area contributed by atoms with E-state index in [0.29, 0.717) is 6.54 Å². The van der Waals surface area contributed by atoms with Gasteiger partial charge >= 0.3 is 6.03 Å². The maximum absolute atomic E-state index is 12.3. The Hall–Kier alpha value is -1.82. The molecule has 2 amide bonds. The molecule has 0 aromatic carbocycles. The van der Waals surface area contributed by atoms with Crippen LogP contribution in [0.4, 0.5) is 10.5 Å². The minimum Gasteiger partial charge on any atom is -0.396 e. The molecule has 6 nitrogen and oxygen atoms in total. The largest absolute Gasteiger partial charge is 0.396 e. The zero-order valence-corrected chi connectivity index (χ0v) is 14.2. The monoisotopic (exact) mass is 320 g/mol. The molecule has 0 bridgehead atoms. The van der Waals surface area contributed by atoms with Gasteiger partial charge in [0.15, 0.2) is 0 Å². The molecular weight excluding hydrogens is 292 g/mol. The molecule has 1 aliphatic heterocycles. The van der Waals surface area contributed by atoms with Gasteiger partial charge in [-0.05, 0) is 37.3 Å². The Labute approximate surface area is 138 Å². The second kappa shape index (κ2) is 8.72. The summed E-state index contributed by atoms with van der Waals surface area (Å²) in [5.74, 6) is 0.226. The molecule has 1 unspecified atom stereocenters. The number of hydrogen-bond donors (Lipinski definition) is 2. The minimum atomic E-state index is 0.00319. The van der Waals surface area contributed by atoms with E-state index in [0.717, 1.165) is 39.0 Å². The van der Waals surface area contributed by atoms with E-state index in [4.69, 9.17) is 5.11 Å². The number of hydrogen-bond acceptors (Lipinski definition) is 4. The average Bonchev–Trinajstić information content (AvgIpc) is 2.81. The van der Waals surface area contributed by atoms with Gasteiger partial charge in [0, 0.05) is 57.4 Å². The summed E-state index contributed by atoms with van der Waals surface area (Å²) in [7, 11) is 0. The fourth-order valence-corrected chi connectivity index (χ4v) is 2.81. The fraction of sp³-hybridized carbons (Fsp3) is 0.647. The van der Waals surface area contributed by atoms with Crippen molar-refractivity contribution in [3.05, 3.63) is 24.0 Å². The Balaban J connectivity index is 1.84. The van der Waals surface area contributed by atoms with Crippen LogP contribution in [-0.4, -0.2) is 60.4 Å². The van der Waals surface area contributed by atoms with Crippen LogP contribution in [0, 0.1) is 12.8 Å². The zero-order valence-electron chi connectivity index (χ0n) is 14.2. The van der Waals surface area contributed by atoms with E-state index in [2.05, 4.69) is 22.1 Å². The van der Waals surface area contributed by atoms with Crippen molar-refractivity contribution in [1.82, 2.24) is 15.2 Å². The lowest BCUT2D eigenvalue weighted by Crippen LogP contribution is -2.42. The summed E-state index contributed by atoms with van der Waals surface area (Å²) in [5, 5.41) is 12.0. The zero-order chi connectivity index (χ0) is 16.7. The Kier molecular flexibility index (Phi) is 6.65. The topological polar surface area (TPSA) is 68.7 Å². The first-order valence-electron chi connectivity index (χ1n) is 8.41. The number of anilines is 1. The van der Waals surface area contributed by atoms with Crippen molar-refractivity contribution in [3.8, 4) is 0 Å². The number of rotatable bonds is 5. The van der Waals surface area contributed by atoms with E-state index in [-0.39, 0.29) is 18.6 Å². The highest BCUT2D eigenvalue weighted by atomic mass is 16.3. The Morgan fingerprint density at radius 2 is 2.22 bits per heavy atom. The Bertz CT molecular complexity index is 509. The summed E-state index contributed by atoms with van der Waals surface area (Å²) < 4.78 is 0. The molecule has 2 rings (SSSR count). The molecule has 23 heavy (non-hydrogen) atoms. The summed E-state index contributed by atoms with van der Waals surface area (Å²) >= 11 is 0. The van der Waals surface area contributed by atoms with E-state index in [1.54, 1.807) is 0 Å². The average molecular weight is 320 g/mol. The first kappa shape index (κ1) is 17.5. The van der Waals surface area contributed by atoms with Gasteiger partial charge in [-0.3, -0.25) is 4.98 Å². The van der Waals surface area contributed by atoms with Crippen molar-refractivity contribution in [1.29, 1.82) is 0 Å². The molecule has 1 aromatic rings. The van der Waals surface area contributed by atoms with E-state index >= 15 is 0 Å². The van der Waals surface area contributed by atoms with Gasteiger partial charge in [-0.15, -0.1) is 0 Å². The molecule has 0 saturated carbocycles. The van der Waals surface area contributed by atoms with Crippen LogP contribution in [0.25, 0.3) is 0 Å². The Morgan fingerprint density at radius 1 is 1.39 bits per heavy atom. The predicted molar refractivity (Wildman–Crippen MR) is 91.6 cm³/mol. The molecule has 128 valence electrons. The van der Waals surface area contributed by atoms with Crippen LogP contribution in [0.5, 0.6) is 0 Å². The number of carbonyl (C=O) groups is 1. The first-order chi connectivity index (χ1) is 11.1. The molecular formula is C17H28N4O2. The lowest BCUT2D eigenvalue weighted by molar-refractivity contribution is 0.197. The number of aliphatic hydroxyl groups is 1. The SMILES string of the molecule is Cc1cnccc1N1CCCN(C(=O)NCCC(C)CO)CC1. The van der Waals surface area contributed by atoms with Crippen molar-refractivity contribution < 1.29 is 9.90 Å². The molecule has 1 aliphatic rings. The highest BCUT2D eigenvalue weighted by Crippen LogP contribution is 2.19. The second-order valence-electron chi connectivity index (χ2n) is 6.30. The molecule has 1 aromatic heterocycles. The number of pyridine rings is 1. The lowest BCUT2D eigenvalue weighted by atomic mass is 10.1. The molecule has 0 spiro atoms. The van der Waals surface area contributed by atoms with Crippen molar-refractivity contribution >= 4 is 11.7 Å². The molecule has 0 radical (unpaired) electrons. The molecule has 6 heteroatoms. The van der Waals surface area contributed by atoms with Crippen LogP contribution < -0.4 is 10.2 Å².